The minimum atomic E-state index is -2.93. The summed E-state index contributed by atoms with van der Waals surface area (Å²) in [6.07, 6.45) is 6.36. The fourth-order valence-electron chi connectivity index (χ4n) is 4.97. The molecule has 2 aromatic rings. The van der Waals surface area contributed by atoms with Gasteiger partial charge in [0.1, 0.15) is 0 Å². The maximum absolute atomic E-state index is 12.6. The molecule has 6 heteroatoms. The third-order valence-corrected chi connectivity index (χ3v) is 24.2. The van der Waals surface area contributed by atoms with Crippen molar-refractivity contribution in [2.45, 2.75) is 118 Å². The summed E-state index contributed by atoms with van der Waals surface area (Å²) in [7, 11) is -0.706. The van der Waals surface area contributed by atoms with E-state index in [1.807, 2.05) is 6.07 Å². The Kier molecular flexibility index (Phi) is 10.8. The minimum absolute atomic E-state index is 0.229. The molecule has 0 amide bonds. The van der Waals surface area contributed by atoms with Gasteiger partial charge in [-0.1, -0.05) is 0 Å². The monoisotopic (exact) mass is 595 g/mol. The van der Waals surface area contributed by atoms with E-state index >= 15 is 0 Å². The second-order valence-electron chi connectivity index (χ2n) is 11.9. The Hall–Kier alpha value is -0.794. The van der Waals surface area contributed by atoms with Crippen LogP contribution in [0.15, 0.2) is 24.3 Å². The van der Waals surface area contributed by atoms with Crippen LogP contribution in [0.1, 0.15) is 99.5 Å². The molecule has 2 rings (SSSR count). The number of rotatable bonds is 13. The maximum atomic E-state index is 12.6. The zero-order valence-electron chi connectivity index (χ0n) is 23.1. The molecule has 4 nitrogen and oxygen atoms in total. The van der Waals surface area contributed by atoms with Crippen LogP contribution >= 0.6 is 0 Å². The molecule has 34 heavy (non-hydrogen) atoms. The van der Waals surface area contributed by atoms with Crippen molar-refractivity contribution in [2.75, 3.05) is 0 Å². The van der Waals surface area contributed by atoms with Crippen LogP contribution in [0.25, 0.3) is 10.9 Å². The molecule has 0 aliphatic rings. The van der Waals surface area contributed by atoms with Crippen LogP contribution in [-0.4, -0.2) is 43.9 Å². The summed E-state index contributed by atoms with van der Waals surface area (Å²) in [6, 6.07) is 8.60. The van der Waals surface area contributed by atoms with Crippen molar-refractivity contribution in [1.82, 2.24) is 4.57 Å². The molecular weight excluding hydrogens is 545 g/mol. The summed E-state index contributed by atoms with van der Waals surface area (Å²) in [4.78, 5) is 12.6. The normalized spacial score (nSPS) is 13.4. The average Bonchev–Trinajstić information content (AvgIpc) is 3.17. The van der Waals surface area contributed by atoms with Crippen LogP contribution in [0, 0.1) is 0 Å². The molecule has 0 fully saturated rings. The molecule has 192 valence electrons. The number of benzene rings is 1. The van der Waals surface area contributed by atoms with Gasteiger partial charge in [-0.3, -0.25) is 0 Å². The first-order chi connectivity index (χ1) is 15.9. The topological polar surface area (TPSA) is 51.5 Å². The van der Waals surface area contributed by atoms with Gasteiger partial charge < -0.3 is 0 Å². The summed E-state index contributed by atoms with van der Waals surface area (Å²) in [5, 5.41) is 11.7. The molecule has 1 aromatic heterocycles. The van der Waals surface area contributed by atoms with Crippen LogP contribution in [-0.2, 0) is 10.0 Å². The fourth-order valence-corrected chi connectivity index (χ4v) is 22.4. The zero-order valence-corrected chi connectivity index (χ0v) is 27.4. The molecule has 0 saturated heterocycles. The molecule has 0 spiro atoms. The SMILES string of the molecule is CCC[CH2][Sn]([CH2]CCC)([CH2]CCC)[c]1cc2cc(C(C)(C)O[SiH2]C(C)(C)C)ccc2n1C(=O)O. The number of carbonyl (C=O) groups is 1. The van der Waals surface area contributed by atoms with E-state index in [1.165, 1.54) is 55.5 Å². The summed E-state index contributed by atoms with van der Waals surface area (Å²) >= 11 is -2.93. The van der Waals surface area contributed by atoms with Crippen LogP contribution < -0.4 is 3.71 Å². The van der Waals surface area contributed by atoms with Crippen LogP contribution in [0.2, 0.25) is 18.3 Å². The Bertz CT molecular complexity index is 923. The number of nitrogens with zero attached hydrogens (tertiary/aromatic N) is 1. The Morgan fingerprint density at radius 1 is 0.941 bits per heavy atom. The molecule has 0 atom stereocenters. The van der Waals surface area contributed by atoms with E-state index in [9.17, 15) is 9.90 Å². The zero-order chi connectivity index (χ0) is 25.6. The first kappa shape index (κ1) is 29.4. The van der Waals surface area contributed by atoms with Crippen molar-refractivity contribution < 1.29 is 14.3 Å². The summed E-state index contributed by atoms with van der Waals surface area (Å²) in [5.41, 5.74) is 1.62. The van der Waals surface area contributed by atoms with Gasteiger partial charge in [-0.25, -0.2) is 0 Å². The third kappa shape index (κ3) is 7.36. The summed E-state index contributed by atoms with van der Waals surface area (Å²) < 4.78 is 13.1. The van der Waals surface area contributed by atoms with Gasteiger partial charge in [-0.05, 0) is 0 Å². The van der Waals surface area contributed by atoms with E-state index in [4.69, 9.17) is 4.43 Å². The molecule has 1 heterocycles. The Labute approximate surface area is 214 Å². The number of aromatic nitrogens is 1. The van der Waals surface area contributed by atoms with E-state index in [0.717, 1.165) is 16.5 Å². The van der Waals surface area contributed by atoms with Crippen LogP contribution in [0.5, 0.6) is 0 Å². The second-order valence-corrected chi connectivity index (χ2v) is 27.6. The van der Waals surface area contributed by atoms with Crippen molar-refractivity contribution in [1.29, 1.82) is 0 Å². The van der Waals surface area contributed by atoms with Gasteiger partial charge in [0.15, 0.2) is 0 Å². The van der Waals surface area contributed by atoms with E-state index in [-0.39, 0.29) is 10.6 Å². The Morgan fingerprint density at radius 2 is 1.47 bits per heavy atom. The molecule has 0 radical (unpaired) electrons. The molecular formula is C28H49NO3SiSn. The number of unbranched alkanes of at least 4 members (excludes halogenated alkanes) is 3. The van der Waals surface area contributed by atoms with Gasteiger partial charge in [0.05, 0.1) is 0 Å². The Balaban J connectivity index is 2.65. The first-order valence-electron chi connectivity index (χ1n) is 13.4. The summed E-state index contributed by atoms with van der Waals surface area (Å²) in [5.74, 6) is 0. The molecule has 0 aliphatic heterocycles. The van der Waals surface area contributed by atoms with E-state index in [2.05, 4.69) is 73.6 Å². The predicted molar refractivity (Wildman–Crippen MR) is 152 cm³/mol. The van der Waals surface area contributed by atoms with Gasteiger partial charge >= 0.3 is 215 Å². The Morgan fingerprint density at radius 3 is 1.91 bits per heavy atom. The van der Waals surface area contributed by atoms with Crippen molar-refractivity contribution in [3.8, 4) is 0 Å². The molecule has 1 N–H and O–H groups in total. The van der Waals surface area contributed by atoms with E-state index in [1.54, 1.807) is 4.57 Å². The third-order valence-electron chi connectivity index (χ3n) is 7.12. The van der Waals surface area contributed by atoms with Crippen molar-refractivity contribution in [3.63, 3.8) is 0 Å². The van der Waals surface area contributed by atoms with Crippen molar-refractivity contribution in [3.05, 3.63) is 29.8 Å². The second kappa shape index (κ2) is 12.4. The number of hydrogen-bond acceptors (Lipinski definition) is 2. The number of hydrogen-bond donors (Lipinski definition) is 1. The van der Waals surface area contributed by atoms with Gasteiger partial charge in [0.25, 0.3) is 0 Å². The number of carboxylic acid groups (broad SMARTS) is 1. The molecule has 0 bridgehead atoms. The standard InChI is InChI=1S/C16H22NO3Si.3C4H9.Sn/c1-15(2,3)21-20-16(4,5)12-6-7-13-11(10-12)8-9-17(13)14(18)19;3*1-3-4-2;/h6-8,10H,21H2,1-5H3,(H,18,19);3*1,3-4H2,2H3;. The molecule has 1 aromatic carbocycles. The summed E-state index contributed by atoms with van der Waals surface area (Å²) in [6.45, 7) is 17.8. The van der Waals surface area contributed by atoms with Gasteiger partial charge in [0, 0.05) is 0 Å². The average molecular weight is 595 g/mol. The van der Waals surface area contributed by atoms with E-state index < -0.39 is 34.2 Å². The molecule has 0 saturated carbocycles. The van der Waals surface area contributed by atoms with Crippen molar-refractivity contribution >= 4 is 48.8 Å². The number of fused-ring (bicyclic) bond motifs is 1. The molecule has 0 aliphatic carbocycles. The van der Waals surface area contributed by atoms with Gasteiger partial charge in [0.2, 0.25) is 0 Å². The van der Waals surface area contributed by atoms with E-state index in [0.29, 0.717) is 0 Å². The van der Waals surface area contributed by atoms with Gasteiger partial charge in [-0.2, -0.15) is 0 Å². The fraction of sp³-hybridized carbons (Fsp3) is 0.679. The van der Waals surface area contributed by atoms with Crippen LogP contribution in [0.3, 0.4) is 0 Å². The van der Waals surface area contributed by atoms with Crippen molar-refractivity contribution in [2.24, 2.45) is 0 Å². The van der Waals surface area contributed by atoms with Gasteiger partial charge in [-0.15, -0.1) is 0 Å². The van der Waals surface area contributed by atoms with Crippen LogP contribution in [0.4, 0.5) is 4.79 Å². The quantitative estimate of drug-likeness (QED) is 0.241. The molecule has 0 unspecified atom stereocenters. The first-order valence-corrected chi connectivity index (χ1v) is 22.2. The predicted octanol–water partition coefficient (Wildman–Crippen LogP) is 7.78.